The second-order valence-corrected chi connectivity index (χ2v) is 5.44. The molecule has 100 valence electrons. The zero-order chi connectivity index (χ0) is 13.0. The van der Waals surface area contributed by atoms with E-state index in [0.717, 1.165) is 25.9 Å². The molecule has 2 nitrogen and oxygen atoms in total. The molecule has 18 heavy (non-hydrogen) atoms. The highest BCUT2D eigenvalue weighted by Gasteiger charge is 2.25. The Kier molecular flexibility index (Phi) is 4.36. The molecular formula is C15H21FO2. The van der Waals surface area contributed by atoms with Crippen molar-refractivity contribution in [1.29, 1.82) is 0 Å². The Bertz CT molecular complexity index is 384. The topological polar surface area (TPSA) is 29.5 Å². The highest BCUT2D eigenvalue weighted by molar-refractivity contribution is 5.19. The van der Waals surface area contributed by atoms with Gasteiger partial charge in [-0.15, -0.1) is 0 Å². The van der Waals surface area contributed by atoms with Crippen LogP contribution >= 0.6 is 0 Å². The second kappa shape index (κ2) is 5.81. The monoisotopic (exact) mass is 252 g/mol. The van der Waals surface area contributed by atoms with E-state index >= 15 is 0 Å². The van der Waals surface area contributed by atoms with Gasteiger partial charge in [0.2, 0.25) is 0 Å². The summed E-state index contributed by atoms with van der Waals surface area (Å²) in [6, 6.07) is 6.63. The van der Waals surface area contributed by atoms with Gasteiger partial charge in [0.15, 0.2) is 0 Å². The van der Waals surface area contributed by atoms with Crippen molar-refractivity contribution in [3.63, 3.8) is 0 Å². The maximum atomic E-state index is 13.5. The lowest BCUT2D eigenvalue weighted by atomic mass is 9.90. The van der Waals surface area contributed by atoms with Gasteiger partial charge in [-0.25, -0.2) is 4.39 Å². The third kappa shape index (κ3) is 3.79. The fourth-order valence-corrected chi connectivity index (χ4v) is 2.48. The fraction of sp³-hybridized carbons (Fsp3) is 0.600. The molecule has 0 bridgehead atoms. The van der Waals surface area contributed by atoms with E-state index in [2.05, 4.69) is 0 Å². The molecule has 1 fully saturated rings. The van der Waals surface area contributed by atoms with Crippen LogP contribution in [0.3, 0.4) is 0 Å². The van der Waals surface area contributed by atoms with Gasteiger partial charge in [0, 0.05) is 13.0 Å². The lowest BCUT2D eigenvalue weighted by molar-refractivity contribution is 0.0248. The van der Waals surface area contributed by atoms with Gasteiger partial charge in [0.05, 0.1) is 11.7 Å². The van der Waals surface area contributed by atoms with Gasteiger partial charge in [0.1, 0.15) is 5.82 Å². The summed E-state index contributed by atoms with van der Waals surface area (Å²) < 4.78 is 19.1. The summed E-state index contributed by atoms with van der Waals surface area (Å²) in [6.45, 7) is 2.61. The number of benzene rings is 1. The van der Waals surface area contributed by atoms with E-state index in [1.807, 2.05) is 0 Å². The Balaban J connectivity index is 1.88. The molecule has 1 aromatic rings. The van der Waals surface area contributed by atoms with E-state index < -0.39 is 5.60 Å². The molecule has 1 saturated heterocycles. The molecule has 1 N–H and O–H groups in total. The Hall–Kier alpha value is -0.930. The third-order valence-electron chi connectivity index (χ3n) is 3.56. The Morgan fingerprint density at radius 2 is 2.22 bits per heavy atom. The summed E-state index contributed by atoms with van der Waals surface area (Å²) in [6.07, 6.45) is 4.31. The van der Waals surface area contributed by atoms with Crippen molar-refractivity contribution in [2.75, 3.05) is 6.61 Å². The first-order valence-corrected chi connectivity index (χ1v) is 6.64. The van der Waals surface area contributed by atoms with Crippen molar-refractivity contribution in [2.45, 2.75) is 50.7 Å². The van der Waals surface area contributed by atoms with Crippen LogP contribution in [0.1, 0.15) is 38.2 Å². The summed E-state index contributed by atoms with van der Waals surface area (Å²) in [5.41, 5.74) is -0.288. The minimum atomic E-state index is -0.867. The Morgan fingerprint density at radius 3 is 2.89 bits per heavy atom. The van der Waals surface area contributed by atoms with Gasteiger partial charge in [0.25, 0.3) is 0 Å². The summed E-state index contributed by atoms with van der Waals surface area (Å²) >= 11 is 0. The van der Waals surface area contributed by atoms with Gasteiger partial charge in [-0.3, -0.25) is 0 Å². The van der Waals surface area contributed by atoms with Gasteiger partial charge in [-0.2, -0.15) is 0 Å². The summed E-state index contributed by atoms with van der Waals surface area (Å²) in [5, 5.41) is 10.3. The molecule has 0 saturated carbocycles. The fourth-order valence-electron chi connectivity index (χ4n) is 2.48. The average molecular weight is 252 g/mol. The van der Waals surface area contributed by atoms with Crippen LogP contribution in [0.5, 0.6) is 0 Å². The maximum absolute atomic E-state index is 13.5. The molecule has 2 atom stereocenters. The number of ether oxygens (including phenoxy) is 1. The molecule has 3 heteroatoms. The Morgan fingerprint density at radius 1 is 1.44 bits per heavy atom. The molecule has 0 aliphatic carbocycles. The van der Waals surface area contributed by atoms with E-state index in [9.17, 15) is 9.50 Å². The van der Waals surface area contributed by atoms with Crippen molar-refractivity contribution >= 4 is 0 Å². The van der Waals surface area contributed by atoms with E-state index in [1.165, 1.54) is 6.07 Å². The lowest BCUT2D eigenvalue weighted by Crippen LogP contribution is -2.29. The minimum Gasteiger partial charge on any atom is -0.390 e. The number of hydrogen-bond donors (Lipinski definition) is 1. The van der Waals surface area contributed by atoms with Crippen molar-refractivity contribution < 1.29 is 14.2 Å². The van der Waals surface area contributed by atoms with Crippen molar-refractivity contribution in [3.05, 3.63) is 35.6 Å². The van der Waals surface area contributed by atoms with E-state index in [1.54, 1.807) is 25.1 Å². The molecule has 0 amide bonds. The zero-order valence-electron chi connectivity index (χ0n) is 10.9. The summed E-state index contributed by atoms with van der Waals surface area (Å²) in [5.74, 6) is -0.241. The third-order valence-corrected chi connectivity index (χ3v) is 3.56. The van der Waals surface area contributed by atoms with Gasteiger partial charge < -0.3 is 9.84 Å². The molecule has 2 rings (SSSR count). The first-order chi connectivity index (χ1) is 8.57. The lowest BCUT2D eigenvalue weighted by Gasteiger charge is -2.25. The van der Waals surface area contributed by atoms with E-state index in [4.69, 9.17) is 4.74 Å². The average Bonchev–Trinajstić information content (AvgIpc) is 2.83. The van der Waals surface area contributed by atoms with Crippen LogP contribution in [0.2, 0.25) is 0 Å². The summed E-state index contributed by atoms with van der Waals surface area (Å²) in [7, 11) is 0. The maximum Gasteiger partial charge on any atom is 0.126 e. The molecule has 2 unspecified atom stereocenters. The van der Waals surface area contributed by atoms with Crippen LogP contribution in [0.15, 0.2) is 24.3 Å². The number of halogens is 1. The molecule has 1 aromatic carbocycles. The molecule has 0 aromatic heterocycles. The van der Waals surface area contributed by atoms with Gasteiger partial charge >= 0.3 is 0 Å². The second-order valence-electron chi connectivity index (χ2n) is 5.44. The number of rotatable bonds is 5. The Labute approximate surface area is 108 Å². The predicted molar refractivity (Wildman–Crippen MR) is 68.9 cm³/mol. The van der Waals surface area contributed by atoms with Gasteiger partial charge in [-0.05, 0) is 44.2 Å². The first-order valence-electron chi connectivity index (χ1n) is 6.64. The molecular weight excluding hydrogens is 231 g/mol. The summed E-state index contributed by atoms with van der Waals surface area (Å²) in [4.78, 5) is 0. The van der Waals surface area contributed by atoms with Crippen molar-refractivity contribution in [1.82, 2.24) is 0 Å². The largest absolute Gasteiger partial charge is 0.390 e. The van der Waals surface area contributed by atoms with Crippen LogP contribution < -0.4 is 0 Å². The van der Waals surface area contributed by atoms with Crippen molar-refractivity contribution in [3.8, 4) is 0 Å². The molecule has 0 spiro atoms. The normalized spacial score (nSPS) is 22.9. The minimum absolute atomic E-state index is 0.241. The van der Waals surface area contributed by atoms with Crippen LogP contribution in [-0.4, -0.2) is 23.4 Å². The molecule has 1 aliphatic heterocycles. The molecule has 1 aliphatic rings. The smallest absolute Gasteiger partial charge is 0.126 e. The van der Waals surface area contributed by atoms with Crippen molar-refractivity contribution in [2.24, 2.45) is 0 Å². The van der Waals surface area contributed by atoms with Crippen LogP contribution in [0.4, 0.5) is 4.39 Å². The predicted octanol–water partition coefficient (Wildman–Crippen LogP) is 3.08. The van der Waals surface area contributed by atoms with E-state index in [0.29, 0.717) is 18.4 Å². The first kappa shape index (κ1) is 13.5. The highest BCUT2D eigenvalue weighted by Crippen LogP contribution is 2.25. The molecule has 1 heterocycles. The van der Waals surface area contributed by atoms with Crippen LogP contribution in [0, 0.1) is 5.82 Å². The highest BCUT2D eigenvalue weighted by atomic mass is 19.1. The standard InChI is InChI=1S/C15H21FO2/c1-15(17,9-8-13-6-4-10-18-13)11-12-5-2-3-7-14(12)16/h2-3,5,7,13,17H,4,6,8-11H2,1H3. The van der Waals surface area contributed by atoms with E-state index in [-0.39, 0.29) is 11.9 Å². The molecule has 0 radical (unpaired) electrons. The van der Waals surface area contributed by atoms with Crippen LogP contribution in [-0.2, 0) is 11.2 Å². The number of hydrogen-bond acceptors (Lipinski definition) is 2. The van der Waals surface area contributed by atoms with Crippen LogP contribution in [0.25, 0.3) is 0 Å². The zero-order valence-corrected chi connectivity index (χ0v) is 10.9. The SMILES string of the molecule is CC(O)(CCC1CCCO1)Cc1ccccc1F. The van der Waals surface area contributed by atoms with Gasteiger partial charge in [-0.1, -0.05) is 18.2 Å². The quantitative estimate of drug-likeness (QED) is 0.872. The number of aliphatic hydroxyl groups is 1.